The number of hydrogen-bond acceptors (Lipinski definition) is 7. The fourth-order valence-corrected chi connectivity index (χ4v) is 3.94. The summed E-state index contributed by atoms with van der Waals surface area (Å²) in [6.45, 7) is 2.06. The van der Waals surface area contributed by atoms with Gasteiger partial charge >= 0.3 is 0 Å². The zero-order valence-corrected chi connectivity index (χ0v) is 19.4. The number of nitrogens with zero attached hydrogens (tertiary/aromatic N) is 8. The third-order valence-corrected chi connectivity index (χ3v) is 6.06. The molecule has 5 rings (SSSR count). The van der Waals surface area contributed by atoms with Gasteiger partial charge in [0, 0.05) is 37.6 Å². The molecule has 5 aromatic rings. The van der Waals surface area contributed by atoms with Crippen LogP contribution in [0.15, 0.2) is 67.5 Å². The minimum absolute atomic E-state index is 0.0106. The summed E-state index contributed by atoms with van der Waals surface area (Å²) in [5.41, 5.74) is 4.86. The van der Waals surface area contributed by atoms with Crippen LogP contribution in [0.1, 0.15) is 24.1 Å². The standard InChI is InChI=1S/C25H22FN9/c1-16(17-4-7-24(30-10-17)34-14-20(26)13-32-34)33(3)23-6-5-18(11-29-23)22-8-21(28-2)15-35-25(22)19(9-27)12-31-35/h4-8,10-16,28H,1-3H3. The molecule has 10 heteroatoms. The van der Waals surface area contributed by atoms with Crippen molar-refractivity contribution in [2.45, 2.75) is 13.0 Å². The lowest BCUT2D eigenvalue weighted by Gasteiger charge is -2.26. The van der Waals surface area contributed by atoms with E-state index in [0.717, 1.165) is 39.9 Å². The molecule has 0 saturated carbocycles. The van der Waals surface area contributed by atoms with Crippen LogP contribution in [0.4, 0.5) is 15.9 Å². The molecule has 5 heterocycles. The van der Waals surface area contributed by atoms with E-state index in [2.05, 4.69) is 38.5 Å². The first-order valence-electron chi connectivity index (χ1n) is 10.9. The maximum atomic E-state index is 13.2. The van der Waals surface area contributed by atoms with Crippen LogP contribution < -0.4 is 10.2 Å². The molecule has 0 aromatic carbocycles. The smallest absolute Gasteiger partial charge is 0.161 e. The number of fused-ring (bicyclic) bond motifs is 1. The topological polar surface area (TPSA) is 100.0 Å². The second-order valence-electron chi connectivity index (χ2n) is 8.10. The van der Waals surface area contributed by atoms with E-state index in [9.17, 15) is 9.65 Å². The van der Waals surface area contributed by atoms with Crippen molar-refractivity contribution in [1.29, 1.82) is 5.26 Å². The first-order chi connectivity index (χ1) is 17.0. The van der Waals surface area contributed by atoms with Gasteiger partial charge in [-0.1, -0.05) is 6.07 Å². The fourth-order valence-electron chi connectivity index (χ4n) is 3.94. The molecule has 1 N–H and O–H groups in total. The lowest BCUT2D eigenvalue weighted by atomic mass is 10.0. The molecule has 174 valence electrons. The highest BCUT2D eigenvalue weighted by Crippen LogP contribution is 2.31. The van der Waals surface area contributed by atoms with E-state index >= 15 is 0 Å². The maximum absolute atomic E-state index is 13.2. The van der Waals surface area contributed by atoms with Gasteiger partial charge in [0.2, 0.25) is 0 Å². The summed E-state index contributed by atoms with van der Waals surface area (Å²) in [5.74, 6) is 0.921. The van der Waals surface area contributed by atoms with E-state index in [4.69, 9.17) is 0 Å². The van der Waals surface area contributed by atoms with Crippen molar-refractivity contribution in [2.24, 2.45) is 0 Å². The van der Waals surface area contributed by atoms with E-state index in [1.165, 1.54) is 10.9 Å². The van der Waals surface area contributed by atoms with Crippen LogP contribution in [0, 0.1) is 17.1 Å². The number of nitrogens with one attached hydrogen (secondary N) is 1. The van der Waals surface area contributed by atoms with Crippen LogP contribution in [0.3, 0.4) is 0 Å². The summed E-state index contributed by atoms with van der Waals surface area (Å²) in [4.78, 5) is 11.2. The van der Waals surface area contributed by atoms with Crippen molar-refractivity contribution in [1.82, 2.24) is 29.4 Å². The molecule has 9 nitrogen and oxygen atoms in total. The molecule has 0 aliphatic heterocycles. The number of rotatable bonds is 6. The van der Waals surface area contributed by atoms with E-state index in [1.807, 2.05) is 49.5 Å². The van der Waals surface area contributed by atoms with Gasteiger partial charge in [-0.05, 0) is 36.8 Å². The van der Waals surface area contributed by atoms with Gasteiger partial charge < -0.3 is 10.2 Å². The van der Waals surface area contributed by atoms with Crippen molar-refractivity contribution in [3.05, 3.63) is 84.5 Å². The number of pyridine rings is 3. The molecule has 0 saturated heterocycles. The second kappa shape index (κ2) is 8.87. The van der Waals surface area contributed by atoms with Gasteiger partial charge in [-0.2, -0.15) is 15.5 Å². The Hall–Kier alpha value is -4.78. The summed E-state index contributed by atoms with van der Waals surface area (Å²) < 4.78 is 16.3. The monoisotopic (exact) mass is 467 g/mol. The van der Waals surface area contributed by atoms with Gasteiger partial charge in [-0.3, -0.25) is 0 Å². The van der Waals surface area contributed by atoms with Crippen LogP contribution in [0.5, 0.6) is 0 Å². The van der Waals surface area contributed by atoms with Crippen molar-refractivity contribution in [3.63, 3.8) is 0 Å². The quantitative estimate of drug-likeness (QED) is 0.399. The molecular formula is C25H22FN9. The minimum atomic E-state index is -0.408. The molecule has 0 aliphatic rings. The summed E-state index contributed by atoms with van der Waals surface area (Å²) in [7, 11) is 3.81. The molecule has 0 spiro atoms. The Labute approximate surface area is 201 Å². The van der Waals surface area contributed by atoms with Crippen molar-refractivity contribution >= 4 is 17.0 Å². The van der Waals surface area contributed by atoms with Crippen LogP contribution in [0.2, 0.25) is 0 Å². The molecule has 1 atom stereocenters. The number of aromatic nitrogens is 6. The van der Waals surface area contributed by atoms with E-state index in [1.54, 1.807) is 29.2 Å². The Morgan fingerprint density at radius 2 is 1.91 bits per heavy atom. The molecule has 0 radical (unpaired) electrons. The summed E-state index contributed by atoms with van der Waals surface area (Å²) in [5, 5.41) is 20.9. The number of nitriles is 1. The van der Waals surface area contributed by atoms with Gasteiger partial charge in [0.1, 0.15) is 11.9 Å². The third kappa shape index (κ3) is 4.04. The zero-order chi connectivity index (χ0) is 24.5. The van der Waals surface area contributed by atoms with Crippen LogP contribution in [0.25, 0.3) is 22.5 Å². The Morgan fingerprint density at radius 3 is 2.54 bits per heavy atom. The summed E-state index contributed by atoms with van der Waals surface area (Å²) in [6, 6.07) is 11.9. The normalized spacial score (nSPS) is 11.9. The molecule has 35 heavy (non-hydrogen) atoms. The van der Waals surface area contributed by atoms with Gasteiger partial charge in [0.05, 0.1) is 47.6 Å². The predicted molar refractivity (Wildman–Crippen MR) is 131 cm³/mol. The van der Waals surface area contributed by atoms with Gasteiger partial charge in [-0.25, -0.2) is 23.6 Å². The highest BCUT2D eigenvalue weighted by Gasteiger charge is 2.16. The van der Waals surface area contributed by atoms with Crippen LogP contribution in [-0.2, 0) is 0 Å². The fraction of sp³-hybridized carbons (Fsp3) is 0.160. The van der Waals surface area contributed by atoms with Crippen molar-refractivity contribution in [3.8, 4) is 23.0 Å². The largest absolute Gasteiger partial charge is 0.387 e. The first-order valence-corrected chi connectivity index (χ1v) is 10.9. The Kier molecular flexibility index (Phi) is 5.58. The van der Waals surface area contributed by atoms with Crippen molar-refractivity contribution in [2.75, 3.05) is 24.3 Å². The predicted octanol–water partition coefficient (Wildman–Crippen LogP) is 4.23. The van der Waals surface area contributed by atoms with E-state index < -0.39 is 5.82 Å². The van der Waals surface area contributed by atoms with E-state index in [0.29, 0.717) is 11.4 Å². The molecule has 1 unspecified atom stereocenters. The van der Waals surface area contributed by atoms with Crippen molar-refractivity contribution < 1.29 is 4.39 Å². The summed E-state index contributed by atoms with van der Waals surface area (Å²) in [6.07, 6.45) is 9.40. The van der Waals surface area contributed by atoms with Crippen LogP contribution >= 0.6 is 0 Å². The SMILES string of the molecule is CNc1cc(-c2ccc(N(C)C(C)c3ccc(-n4cc(F)cn4)nc3)nc2)c2c(C#N)cnn2c1. The lowest BCUT2D eigenvalue weighted by molar-refractivity contribution is 0.627. The van der Waals surface area contributed by atoms with Crippen LogP contribution in [-0.4, -0.2) is 43.5 Å². The lowest BCUT2D eigenvalue weighted by Crippen LogP contribution is -2.22. The molecule has 0 aliphatic carbocycles. The van der Waals surface area contributed by atoms with E-state index in [-0.39, 0.29) is 6.04 Å². The Balaban J connectivity index is 1.41. The number of halogens is 1. The second-order valence-corrected chi connectivity index (χ2v) is 8.10. The maximum Gasteiger partial charge on any atom is 0.161 e. The van der Waals surface area contributed by atoms with Gasteiger partial charge in [-0.15, -0.1) is 0 Å². The Morgan fingerprint density at radius 1 is 1.06 bits per heavy atom. The number of hydrogen-bond donors (Lipinski definition) is 1. The first kappa shape index (κ1) is 22.0. The molecular weight excluding hydrogens is 445 g/mol. The van der Waals surface area contributed by atoms with Gasteiger partial charge in [0.15, 0.2) is 11.6 Å². The minimum Gasteiger partial charge on any atom is -0.387 e. The molecule has 0 bridgehead atoms. The highest BCUT2D eigenvalue weighted by atomic mass is 19.1. The molecule has 0 amide bonds. The highest BCUT2D eigenvalue weighted by molar-refractivity contribution is 5.86. The average molecular weight is 468 g/mol. The van der Waals surface area contributed by atoms with Gasteiger partial charge in [0.25, 0.3) is 0 Å². The zero-order valence-electron chi connectivity index (χ0n) is 19.4. The summed E-state index contributed by atoms with van der Waals surface area (Å²) >= 11 is 0. The number of anilines is 2. The Bertz CT molecular complexity index is 1530. The average Bonchev–Trinajstić information content (AvgIpc) is 3.53. The molecule has 0 fully saturated rings. The third-order valence-electron chi connectivity index (χ3n) is 6.06. The molecule has 5 aromatic heterocycles.